The number of benzene rings is 2. The largest absolute Gasteiger partial charge is 0.494 e. The molecule has 8 heteroatoms. The molecule has 2 N–H and O–H groups in total. The van der Waals surface area contributed by atoms with Crippen molar-refractivity contribution in [3.05, 3.63) is 70.5 Å². The van der Waals surface area contributed by atoms with Gasteiger partial charge in [0.25, 0.3) is 0 Å². The monoisotopic (exact) mass is 423 g/mol. The molecule has 2 aliphatic rings. The van der Waals surface area contributed by atoms with Crippen molar-refractivity contribution >= 4 is 29.3 Å². The van der Waals surface area contributed by atoms with E-state index in [1.54, 1.807) is 24.3 Å². The van der Waals surface area contributed by atoms with Gasteiger partial charge in [0, 0.05) is 5.92 Å². The molecule has 2 aromatic carbocycles. The molecule has 2 amide bonds. The molecular formula is C22H18FN3O3S. The van der Waals surface area contributed by atoms with Gasteiger partial charge in [0.15, 0.2) is 0 Å². The van der Waals surface area contributed by atoms with Crippen molar-refractivity contribution in [3.8, 4) is 11.8 Å². The van der Waals surface area contributed by atoms with E-state index in [1.807, 2.05) is 6.92 Å². The number of allylic oxidation sites excluding steroid dienone is 1. The molecule has 0 saturated carbocycles. The Morgan fingerprint density at radius 3 is 2.40 bits per heavy atom. The second-order valence-corrected chi connectivity index (χ2v) is 8.11. The lowest BCUT2D eigenvalue weighted by Crippen LogP contribution is -2.33. The molecule has 3 atom stereocenters. The Bertz CT molecular complexity index is 1080. The van der Waals surface area contributed by atoms with Crippen LogP contribution in [0.2, 0.25) is 0 Å². The predicted molar refractivity (Wildman–Crippen MR) is 111 cm³/mol. The minimum atomic E-state index is -0.785. The van der Waals surface area contributed by atoms with E-state index in [1.165, 1.54) is 24.3 Å². The molecule has 1 fully saturated rings. The van der Waals surface area contributed by atoms with E-state index in [4.69, 9.17) is 10.5 Å². The zero-order valence-corrected chi connectivity index (χ0v) is 16.9. The Morgan fingerprint density at radius 2 is 1.80 bits per heavy atom. The van der Waals surface area contributed by atoms with Gasteiger partial charge in [-0.1, -0.05) is 23.9 Å². The minimum absolute atomic E-state index is 0.236. The predicted octanol–water partition coefficient (Wildman–Crippen LogP) is 3.31. The van der Waals surface area contributed by atoms with E-state index in [2.05, 4.69) is 6.07 Å². The first-order valence-corrected chi connectivity index (χ1v) is 10.3. The van der Waals surface area contributed by atoms with Crippen molar-refractivity contribution in [2.75, 3.05) is 11.5 Å². The van der Waals surface area contributed by atoms with Crippen LogP contribution in [0.3, 0.4) is 0 Å². The van der Waals surface area contributed by atoms with Crippen molar-refractivity contribution in [2.45, 2.75) is 18.1 Å². The highest BCUT2D eigenvalue weighted by molar-refractivity contribution is 8.04. The lowest BCUT2D eigenvalue weighted by molar-refractivity contribution is -0.122. The number of imide groups is 1. The van der Waals surface area contributed by atoms with Crippen LogP contribution >= 0.6 is 11.8 Å². The molecule has 0 bridgehead atoms. The molecule has 4 rings (SSSR count). The van der Waals surface area contributed by atoms with Gasteiger partial charge in [-0.15, -0.1) is 0 Å². The zero-order valence-electron chi connectivity index (χ0n) is 16.0. The third kappa shape index (κ3) is 3.21. The number of hydrogen-bond donors (Lipinski definition) is 1. The Balaban J connectivity index is 1.77. The van der Waals surface area contributed by atoms with E-state index in [9.17, 15) is 19.2 Å². The number of anilines is 1. The van der Waals surface area contributed by atoms with Gasteiger partial charge >= 0.3 is 0 Å². The molecule has 152 valence electrons. The van der Waals surface area contributed by atoms with Crippen molar-refractivity contribution in [1.82, 2.24) is 0 Å². The molecule has 6 nitrogen and oxygen atoms in total. The van der Waals surface area contributed by atoms with E-state index in [0.29, 0.717) is 23.6 Å². The van der Waals surface area contributed by atoms with Gasteiger partial charge < -0.3 is 10.5 Å². The van der Waals surface area contributed by atoms with Gasteiger partial charge in [0.2, 0.25) is 11.8 Å². The Hall–Kier alpha value is -3.31. The number of nitrogens with two attached hydrogens (primary N) is 1. The highest BCUT2D eigenvalue weighted by Gasteiger charge is 2.56. The number of carbonyl (C=O) groups is 2. The molecular weight excluding hydrogens is 405 g/mol. The maximum absolute atomic E-state index is 13.4. The number of halogens is 1. The fraction of sp³-hybridized carbons (Fsp3) is 0.227. The maximum Gasteiger partial charge on any atom is 0.248 e. The highest BCUT2D eigenvalue weighted by atomic mass is 32.2. The molecule has 1 saturated heterocycles. The average molecular weight is 423 g/mol. The number of amides is 2. The lowest BCUT2D eigenvalue weighted by Gasteiger charge is -2.30. The van der Waals surface area contributed by atoms with Crippen LogP contribution in [0.1, 0.15) is 18.4 Å². The summed E-state index contributed by atoms with van der Waals surface area (Å²) >= 11 is 1.04. The number of rotatable bonds is 4. The van der Waals surface area contributed by atoms with E-state index in [-0.39, 0.29) is 10.6 Å². The molecule has 0 unspecified atom stereocenters. The summed E-state index contributed by atoms with van der Waals surface area (Å²) < 4.78 is 18.8. The van der Waals surface area contributed by atoms with Crippen LogP contribution in [-0.2, 0) is 9.59 Å². The van der Waals surface area contributed by atoms with Crippen LogP contribution < -0.4 is 15.4 Å². The molecule has 0 aromatic heterocycles. The first-order valence-electron chi connectivity index (χ1n) is 9.38. The topological polar surface area (TPSA) is 96.4 Å². The summed E-state index contributed by atoms with van der Waals surface area (Å²) in [6.45, 7) is 2.39. The normalized spacial score (nSPS) is 23.4. The van der Waals surface area contributed by atoms with E-state index < -0.39 is 34.7 Å². The van der Waals surface area contributed by atoms with Gasteiger partial charge in [-0.25, -0.2) is 9.29 Å². The van der Waals surface area contributed by atoms with Crippen LogP contribution in [0.15, 0.2) is 59.1 Å². The van der Waals surface area contributed by atoms with E-state index >= 15 is 0 Å². The fourth-order valence-corrected chi connectivity index (χ4v) is 5.12. The standard InChI is InChI=1S/C22H18FN3O3S/c1-2-29-15-9-3-12(4-10-15)17-16(11-24)20(25)30-19-18(17)21(27)26(22(19)28)14-7-5-13(23)6-8-14/h3-10,17-19H,2,25H2,1H3/t17-,18+,19-/m0/s1. The van der Waals surface area contributed by atoms with Crippen molar-refractivity contribution < 1.29 is 18.7 Å². The maximum atomic E-state index is 13.4. The second-order valence-electron chi connectivity index (χ2n) is 6.92. The molecule has 0 spiro atoms. The number of hydrogen-bond acceptors (Lipinski definition) is 6. The van der Waals surface area contributed by atoms with Crippen molar-refractivity contribution in [3.63, 3.8) is 0 Å². The first kappa shape index (κ1) is 20.0. The number of nitrogens with zero attached hydrogens (tertiary/aromatic N) is 2. The number of fused-ring (bicyclic) bond motifs is 1. The van der Waals surface area contributed by atoms with Crippen LogP contribution in [0, 0.1) is 23.1 Å². The first-order chi connectivity index (χ1) is 14.5. The highest BCUT2D eigenvalue weighted by Crippen LogP contribution is 2.50. The van der Waals surface area contributed by atoms with Crippen LogP contribution in [-0.4, -0.2) is 23.7 Å². The molecule has 2 aliphatic heterocycles. The molecule has 2 aromatic rings. The summed E-state index contributed by atoms with van der Waals surface area (Å²) in [6.07, 6.45) is 0. The summed E-state index contributed by atoms with van der Waals surface area (Å²) in [5, 5.41) is 9.22. The SMILES string of the molecule is CCOc1ccc([C@H]2C(C#N)=C(N)S[C@@H]3C(=O)N(c4ccc(F)cc4)C(=O)[C@@H]32)cc1. The Kier molecular flexibility index (Phi) is 5.22. The third-order valence-electron chi connectivity index (χ3n) is 5.24. The number of carbonyl (C=O) groups excluding carboxylic acids is 2. The van der Waals surface area contributed by atoms with Gasteiger partial charge in [0.05, 0.1) is 34.9 Å². The van der Waals surface area contributed by atoms with Crippen LogP contribution in [0.4, 0.5) is 10.1 Å². The number of nitriles is 1. The van der Waals surface area contributed by atoms with Gasteiger partial charge in [-0.05, 0) is 48.9 Å². The summed E-state index contributed by atoms with van der Waals surface area (Å²) in [6, 6.07) is 14.4. The zero-order chi connectivity index (χ0) is 21.4. The molecule has 2 heterocycles. The molecule has 0 radical (unpaired) electrons. The summed E-state index contributed by atoms with van der Waals surface area (Å²) in [5.74, 6) is -2.08. The van der Waals surface area contributed by atoms with Crippen LogP contribution in [0.25, 0.3) is 0 Å². The average Bonchev–Trinajstić information content (AvgIpc) is 2.98. The molecule has 0 aliphatic carbocycles. The van der Waals surface area contributed by atoms with Gasteiger partial charge in [-0.3, -0.25) is 9.59 Å². The van der Waals surface area contributed by atoms with Gasteiger partial charge in [0.1, 0.15) is 16.8 Å². The quantitative estimate of drug-likeness (QED) is 0.758. The molecule has 30 heavy (non-hydrogen) atoms. The fourth-order valence-electron chi connectivity index (χ4n) is 3.92. The minimum Gasteiger partial charge on any atom is -0.494 e. The summed E-state index contributed by atoms with van der Waals surface area (Å²) in [5.41, 5.74) is 7.40. The van der Waals surface area contributed by atoms with Crippen molar-refractivity contribution in [1.29, 1.82) is 5.26 Å². The Labute approximate surface area is 177 Å². The summed E-state index contributed by atoms with van der Waals surface area (Å²) in [4.78, 5) is 27.5. The van der Waals surface area contributed by atoms with Crippen molar-refractivity contribution in [2.24, 2.45) is 11.7 Å². The number of thioether (sulfide) groups is 1. The number of ether oxygens (including phenoxy) is 1. The van der Waals surface area contributed by atoms with E-state index in [0.717, 1.165) is 16.7 Å². The second kappa shape index (κ2) is 7.84. The summed E-state index contributed by atoms with van der Waals surface area (Å²) in [7, 11) is 0. The lowest BCUT2D eigenvalue weighted by atomic mass is 9.79. The third-order valence-corrected chi connectivity index (χ3v) is 6.46. The van der Waals surface area contributed by atoms with Crippen LogP contribution in [0.5, 0.6) is 5.75 Å². The van der Waals surface area contributed by atoms with Gasteiger partial charge in [-0.2, -0.15) is 5.26 Å². The Morgan fingerprint density at radius 1 is 1.13 bits per heavy atom. The smallest absolute Gasteiger partial charge is 0.248 e.